The molecular weight excluding hydrogens is 366 g/mol. The van der Waals surface area contributed by atoms with E-state index in [2.05, 4.69) is 14.8 Å². The standard InChI is InChI=1S/C23H29N3O3/c27-23(26-11-5-4-8-21(26)17-25-12-14-28-15-13-25)20-9-10-24-22(16-20)29-18-19-6-2-1-3-7-19/h1-3,6-7,9-10,16,21H,4-5,8,11-15,17-18H2/t21-/m0/s1. The molecule has 0 aliphatic carbocycles. The molecule has 0 saturated carbocycles. The first-order valence-corrected chi connectivity index (χ1v) is 10.5. The van der Waals surface area contributed by atoms with Crippen molar-refractivity contribution in [2.75, 3.05) is 39.4 Å². The first-order valence-electron chi connectivity index (χ1n) is 10.5. The molecule has 1 atom stereocenters. The summed E-state index contributed by atoms with van der Waals surface area (Å²) < 4.78 is 11.3. The monoisotopic (exact) mass is 395 g/mol. The van der Waals surface area contributed by atoms with E-state index < -0.39 is 0 Å². The van der Waals surface area contributed by atoms with Crippen molar-refractivity contribution in [2.45, 2.75) is 31.9 Å². The van der Waals surface area contributed by atoms with E-state index in [1.165, 1.54) is 6.42 Å². The molecule has 6 heteroatoms. The summed E-state index contributed by atoms with van der Waals surface area (Å²) in [6.45, 7) is 5.65. The largest absolute Gasteiger partial charge is 0.473 e. The molecule has 0 unspecified atom stereocenters. The first kappa shape index (κ1) is 19.9. The summed E-state index contributed by atoms with van der Waals surface area (Å²) in [4.78, 5) is 22.0. The quantitative estimate of drug-likeness (QED) is 0.753. The molecule has 2 saturated heterocycles. The predicted octanol–water partition coefficient (Wildman–Crippen LogP) is 2.99. The normalized spacial score (nSPS) is 20.4. The van der Waals surface area contributed by atoms with E-state index in [0.717, 1.165) is 57.8 Å². The van der Waals surface area contributed by atoms with Gasteiger partial charge >= 0.3 is 0 Å². The zero-order chi connectivity index (χ0) is 19.9. The lowest BCUT2D eigenvalue weighted by Crippen LogP contribution is -2.51. The molecule has 29 heavy (non-hydrogen) atoms. The summed E-state index contributed by atoms with van der Waals surface area (Å²) in [6, 6.07) is 13.8. The van der Waals surface area contributed by atoms with E-state index in [0.29, 0.717) is 18.1 Å². The van der Waals surface area contributed by atoms with E-state index in [9.17, 15) is 4.79 Å². The summed E-state index contributed by atoms with van der Waals surface area (Å²) in [5.41, 5.74) is 1.73. The summed E-state index contributed by atoms with van der Waals surface area (Å²) >= 11 is 0. The van der Waals surface area contributed by atoms with Gasteiger partial charge < -0.3 is 14.4 Å². The number of amides is 1. The van der Waals surface area contributed by atoms with Crippen molar-refractivity contribution in [2.24, 2.45) is 0 Å². The second-order valence-corrected chi connectivity index (χ2v) is 7.72. The van der Waals surface area contributed by atoms with Crippen molar-refractivity contribution in [3.63, 3.8) is 0 Å². The van der Waals surface area contributed by atoms with Crippen LogP contribution in [0.4, 0.5) is 0 Å². The first-order chi connectivity index (χ1) is 14.3. The van der Waals surface area contributed by atoms with Crippen LogP contribution in [0.2, 0.25) is 0 Å². The Balaban J connectivity index is 1.41. The molecule has 6 nitrogen and oxygen atoms in total. The molecule has 3 heterocycles. The van der Waals surface area contributed by atoms with Gasteiger partial charge in [0.25, 0.3) is 5.91 Å². The third-order valence-corrected chi connectivity index (χ3v) is 5.67. The van der Waals surface area contributed by atoms with Gasteiger partial charge in [0.1, 0.15) is 6.61 Å². The molecule has 1 aromatic heterocycles. The minimum Gasteiger partial charge on any atom is -0.473 e. The third kappa shape index (κ3) is 5.34. The Morgan fingerprint density at radius 1 is 1.10 bits per heavy atom. The van der Waals surface area contributed by atoms with Crippen LogP contribution >= 0.6 is 0 Å². The number of benzene rings is 1. The lowest BCUT2D eigenvalue weighted by molar-refractivity contribution is 0.0166. The maximum Gasteiger partial charge on any atom is 0.254 e. The molecule has 0 N–H and O–H groups in total. The Kier molecular flexibility index (Phi) is 6.75. The van der Waals surface area contributed by atoms with Crippen LogP contribution in [0.1, 0.15) is 35.2 Å². The molecule has 1 amide bonds. The molecule has 0 spiro atoms. The number of ether oxygens (including phenoxy) is 2. The highest BCUT2D eigenvalue weighted by Gasteiger charge is 2.29. The number of rotatable bonds is 6. The average Bonchev–Trinajstić information content (AvgIpc) is 2.79. The lowest BCUT2D eigenvalue weighted by Gasteiger charge is -2.39. The van der Waals surface area contributed by atoms with Crippen molar-refractivity contribution < 1.29 is 14.3 Å². The number of carbonyl (C=O) groups excluding carboxylic acids is 1. The van der Waals surface area contributed by atoms with Crippen LogP contribution in [0.5, 0.6) is 5.88 Å². The van der Waals surface area contributed by atoms with E-state index in [1.54, 1.807) is 18.3 Å². The number of hydrogen-bond donors (Lipinski definition) is 0. The molecule has 2 fully saturated rings. The Morgan fingerprint density at radius 3 is 2.76 bits per heavy atom. The van der Waals surface area contributed by atoms with Gasteiger partial charge in [-0.05, 0) is 30.9 Å². The van der Waals surface area contributed by atoms with Crippen molar-refractivity contribution in [3.8, 4) is 5.88 Å². The fourth-order valence-corrected chi connectivity index (χ4v) is 4.06. The third-order valence-electron chi connectivity index (χ3n) is 5.67. The van der Waals surface area contributed by atoms with Gasteiger partial charge in [-0.2, -0.15) is 0 Å². The Bertz CT molecular complexity index is 793. The molecule has 2 aliphatic heterocycles. The van der Waals surface area contributed by atoms with E-state index >= 15 is 0 Å². The Morgan fingerprint density at radius 2 is 1.93 bits per heavy atom. The molecule has 0 bridgehead atoms. The topological polar surface area (TPSA) is 54.9 Å². The van der Waals surface area contributed by atoms with E-state index in [-0.39, 0.29) is 11.9 Å². The predicted molar refractivity (Wildman–Crippen MR) is 111 cm³/mol. The number of piperidine rings is 1. The van der Waals surface area contributed by atoms with Crippen LogP contribution in [0, 0.1) is 0 Å². The number of hydrogen-bond acceptors (Lipinski definition) is 5. The maximum absolute atomic E-state index is 13.3. The smallest absolute Gasteiger partial charge is 0.254 e. The second kappa shape index (κ2) is 9.85. The molecular formula is C23H29N3O3. The zero-order valence-corrected chi connectivity index (χ0v) is 16.8. The average molecular weight is 396 g/mol. The molecule has 4 rings (SSSR count). The van der Waals surface area contributed by atoms with Crippen LogP contribution < -0.4 is 4.74 Å². The van der Waals surface area contributed by atoms with Crippen LogP contribution in [0.15, 0.2) is 48.7 Å². The highest BCUT2D eigenvalue weighted by Crippen LogP contribution is 2.22. The summed E-state index contributed by atoms with van der Waals surface area (Å²) in [7, 11) is 0. The number of morpholine rings is 1. The van der Waals surface area contributed by atoms with Crippen LogP contribution in [0.25, 0.3) is 0 Å². The van der Waals surface area contributed by atoms with Crippen LogP contribution in [-0.2, 0) is 11.3 Å². The second-order valence-electron chi connectivity index (χ2n) is 7.72. The fourth-order valence-electron chi connectivity index (χ4n) is 4.06. The molecule has 1 aromatic carbocycles. The van der Waals surface area contributed by atoms with Gasteiger partial charge in [0, 0.05) is 50.0 Å². The maximum atomic E-state index is 13.3. The molecule has 2 aliphatic rings. The van der Waals surface area contributed by atoms with E-state index in [1.807, 2.05) is 30.3 Å². The van der Waals surface area contributed by atoms with Gasteiger partial charge in [0.15, 0.2) is 0 Å². The molecule has 154 valence electrons. The minimum absolute atomic E-state index is 0.0786. The number of nitrogens with zero attached hydrogens (tertiary/aromatic N) is 3. The van der Waals surface area contributed by atoms with Gasteiger partial charge in [-0.15, -0.1) is 0 Å². The number of carbonyl (C=O) groups is 1. The van der Waals surface area contributed by atoms with Crippen LogP contribution in [-0.4, -0.2) is 66.1 Å². The van der Waals surface area contributed by atoms with Crippen molar-refractivity contribution >= 4 is 5.91 Å². The molecule has 0 radical (unpaired) electrons. The Hall–Kier alpha value is -2.44. The van der Waals surface area contributed by atoms with Gasteiger partial charge in [0.2, 0.25) is 5.88 Å². The van der Waals surface area contributed by atoms with Gasteiger partial charge in [-0.1, -0.05) is 30.3 Å². The molecule has 2 aromatic rings. The number of likely N-dealkylation sites (tertiary alicyclic amines) is 1. The van der Waals surface area contributed by atoms with E-state index in [4.69, 9.17) is 9.47 Å². The zero-order valence-electron chi connectivity index (χ0n) is 16.8. The van der Waals surface area contributed by atoms with Crippen molar-refractivity contribution in [1.82, 2.24) is 14.8 Å². The summed E-state index contributed by atoms with van der Waals surface area (Å²) in [6.07, 6.45) is 4.97. The fraction of sp³-hybridized carbons (Fsp3) is 0.478. The summed E-state index contributed by atoms with van der Waals surface area (Å²) in [5, 5.41) is 0. The van der Waals surface area contributed by atoms with Gasteiger partial charge in [-0.3, -0.25) is 9.69 Å². The number of aromatic nitrogens is 1. The van der Waals surface area contributed by atoms with Gasteiger partial charge in [-0.25, -0.2) is 4.98 Å². The SMILES string of the molecule is O=C(c1ccnc(OCc2ccccc2)c1)N1CCCC[C@H]1CN1CCOCC1. The highest BCUT2D eigenvalue weighted by atomic mass is 16.5. The van der Waals surface area contributed by atoms with Gasteiger partial charge in [0.05, 0.1) is 13.2 Å². The van der Waals surface area contributed by atoms with Crippen molar-refractivity contribution in [3.05, 3.63) is 59.8 Å². The van der Waals surface area contributed by atoms with Crippen molar-refractivity contribution in [1.29, 1.82) is 0 Å². The van der Waals surface area contributed by atoms with Crippen LogP contribution in [0.3, 0.4) is 0 Å². The number of pyridine rings is 1. The Labute approximate surface area is 172 Å². The highest BCUT2D eigenvalue weighted by molar-refractivity contribution is 5.94. The lowest BCUT2D eigenvalue weighted by atomic mass is 10.00. The summed E-state index contributed by atoms with van der Waals surface area (Å²) in [5.74, 6) is 0.566. The minimum atomic E-state index is 0.0786.